The average molecular weight is 314 g/mol. The van der Waals surface area contributed by atoms with E-state index in [9.17, 15) is 0 Å². The number of anilines is 1. The first-order valence-electron chi connectivity index (χ1n) is 5.77. The molecule has 1 N–H and O–H groups in total. The van der Waals surface area contributed by atoms with Crippen molar-refractivity contribution in [3.05, 3.63) is 46.3 Å². The zero-order chi connectivity index (χ0) is 13.7. The Balaban J connectivity index is 1.79. The third kappa shape index (κ3) is 4.90. The zero-order valence-electron chi connectivity index (χ0n) is 10.4. The molecule has 1 aromatic carbocycles. The van der Waals surface area contributed by atoms with Crippen molar-refractivity contribution in [3.63, 3.8) is 0 Å². The van der Waals surface area contributed by atoms with E-state index in [0.717, 1.165) is 23.1 Å². The van der Waals surface area contributed by atoms with Gasteiger partial charge in [0, 0.05) is 28.3 Å². The molecule has 1 heterocycles. The van der Waals surface area contributed by atoms with Crippen molar-refractivity contribution < 1.29 is 0 Å². The van der Waals surface area contributed by atoms with Gasteiger partial charge >= 0.3 is 0 Å². The van der Waals surface area contributed by atoms with Gasteiger partial charge in [0.25, 0.3) is 0 Å². The molecule has 2 aromatic rings. The van der Waals surface area contributed by atoms with Crippen molar-refractivity contribution in [1.82, 2.24) is 9.97 Å². The number of benzene rings is 1. The summed E-state index contributed by atoms with van der Waals surface area (Å²) >= 11 is 13.5. The van der Waals surface area contributed by atoms with Crippen LogP contribution in [0.25, 0.3) is 0 Å². The lowest BCUT2D eigenvalue weighted by atomic mass is 10.4. The summed E-state index contributed by atoms with van der Waals surface area (Å²) in [5, 5.41) is 4.44. The van der Waals surface area contributed by atoms with E-state index in [-0.39, 0.29) is 0 Å². The molecule has 0 bridgehead atoms. The summed E-state index contributed by atoms with van der Waals surface area (Å²) in [4.78, 5) is 9.47. The maximum absolute atomic E-state index is 5.86. The van der Waals surface area contributed by atoms with Gasteiger partial charge in [0.15, 0.2) is 0 Å². The molecule has 6 heteroatoms. The number of halogens is 2. The van der Waals surface area contributed by atoms with E-state index >= 15 is 0 Å². The van der Waals surface area contributed by atoms with Crippen molar-refractivity contribution in [2.75, 3.05) is 17.6 Å². The first-order chi connectivity index (χ1) is 9.13. The van der Waals surface area contributed by atoms with E-state index in [4.69, 9.17) is 23.2 Å². The summed E-state index contributed by atoms with van der Waals surface area (Å²) in [6.45, 7) is 2.62. The number of nitrogens with one attached hydrogen (secondary N) is 1. The smallest absolute Gasteiger partial charge is 0.134 e. The number of hydrogen-bond acceptors (Lipinski definition) is 4. The maximum Gasteiger partial charge on any atom is 0.134 e. The summed E-state index contributed by atoms with van der Waals surface area (Å²) in [6, 6.07) is 9.54. The Hall–Kier alpha value is -0.970. The van der Waals surface area contributed by atoms with Crippen molar-refractivity contribution >= 4 is 40.8 Å². The van der Waals surface area contributed by atoms with Gasteiger partial charge in [0.2, 0.25) is 0 Å². The van der Waals surface area contributed by atoms with Crippen LogP contribution in [0.15, 0.2) is 35.2 Å². The van der Waals surface area contributed by atoms with E-state index in [2.05, 4.69) is 15.3 Å². The number of aryl methyl sites for hydroxylation is 1. The highest BCUT2D eigenvalue weighted by Gasteiger charge is 1.99. The molecule has 0 amide bonds. The van der Waals surface area contributed by atoms with Crippen LogP contribution in [0.3, 0.4) is 0 Å². The van der Waals surface area contributed by atoms with Gasteiger partial charge in [0.05, 0.1) is 0 Å². The number of aromatic nitrogens is 2. The predicted octanol–water partition coefficient (Wildman–Crippen LogP) is 4.30. The third-order valence-corrected chi connectivity index (χ3v) is 3.76. The van der Waals surface area contributed by atoms with Gasteiger partial charge in [-0.05, 0) is 31.2 Å². The Bertz CT molecular complexity index is 526. The van der Waals surface area contributed by atoms with Gasteiger partial charge in [0.1, 0.15) is 16.8 Å². The van der Waals surface area contributed by atoms with Crippen LogP contribution in [0, 0.1) is 6.92 Å². The minimum atomic E-state index is 0.459. The zero-order valence-corrected chi connectivity index (χ0v) is 12.7. The minimum Gasteiger partial charge on any atom is -0.369 e. The fourth-order valence-corrected chi connectivity index (χ4v) is 2.62. The predicted molar refractivity (Wildman–Crippen MR) is 82.4 cm³/mol. The molecule has 0 saturated heterocycles. The average Bonchev–Trinajstić information content (AvgIpc) is 2.36. The first kappa shape index (κ1) is 14.4. The van der Waals surface area contributed by atoms with Crippen LogP contribution in [0.5, 0.6) is 0 Å². The molecule has 0 radical (unpaired) electrons. The third-order valence-electron chi connectivity index (χ3n) is 2.30. The lowest BCUT2D eigenvalue weighted by Gasteiger charge is -2.06. The monoisotopic (exact) mass is 313 g/mol. The molecule has 2 rings (SSSR count). The topological polar surface area (TPSA) is 37.8 Å². The van der Waals surface area contributed by atoms with Crippen molar-refractivity contribution in [1.29, 1.82) is 0 Å². The molecule has 3 nitrogen and oxygen atoms in total. The van der Waals surface area contributed by atoms with Gasteiger partial charge in [-0.3, -0.25) is 0 Å². The molecule has 1 aromatic heterocycles. The highest BCUT2D eigenvalue weighted by molar-refractivity contribution is 7.99. The first-order valence-corrected chi connectivity index (χ1v) is 7.51. The molecule has 19 heavy (non-hydrogen) atoms. The van der Waals surface area contributed by atoms with Gasteiger partial charge in [-0.25, -0.2) is 9.97 Å². The van der Waals surface area contributed by atoms with Crippen LogP contribution in [0.2, 0.25) is 10.2 Å². The molecule has 0 atom stereocenters. The van der Waals surface area contributed by atoms with Gasteiger partial charge in [-0.1, -0.05) is 23.2 Å². The molecular weight excluding hydrogens is 301 g/mol. The molecule has 0 aliphatic carbocycles. The molecule has 0 spiro atoms. The van der Waals surface area contributed by atoms with E-state index in [0.29, 0.717) is 11.0 Å². The fourth-order valence-electron chi connectivity index (χ4n) is 1.50. The van der Waals surface area contributed by atoms with Gasteiger partial charge in [-0.2, -0.15) is 0 Å². The normalized spacial score (nSPS) is 10.5. The van der Waals surface area contributed by atoms with E-state index < -0.39 is 0 Å². The summed E-state index contributed by atoms with van der Waals surface area (Å²) in [5.74, 6) is 2.36. The molecule has 0 aliphatic heterocycles. The molecule has 0 saturated carbocycles. The van der Waals surface area contributed by atoms with E-state index in [1.807, 2.05) is 31.2 Å². The molecular formula is C13H13Cl2N3S. The summed E-state index contributed by atoms with van der Waals surface area (Å²) in [7, 11) is 0. The Labute approximate surface area is 126 Å². The van der Waals surface area contributed by atoms with Crippen LogP contribution in [-0.4, -0.2) is 22.3 Å². The Morgan fingerprint density at radius 1 is 1.16 bits per heavy atom. The van der Waals surface area contributed by atoms with Crippen molar-refractivity contribution in [3.8, 4) is 0 Å². The number of thioether (sulfide) groups is 1. The maximum atomic E-state index is 5.86. The number of hydrogen-bond donors (Lipinski definition) is 1. The SMILES string of the molecule is Cc1nc(Cl)cc(NCCSc2ccc(Cl)cc2)n1. The van der Waals surface area contributed by atoms with Crippen LogP contribution in [0.4, 0.5) is 5.82 Å². The molecule has 100 valence electrons. The Morgan fingerprint density at radius 2 is 1.89 bits per heavy atom. The lowest BCUT2D eigenvalue weighted by molar-refractivity contribution is 1.04. The van der Waals surface area contributed by atoms with Crippen LogP contribution in [0.1, 0.15) is 5.82 Å². The highest BCUT2D eigenvalue weighted by Crippen LogP contribution is 2.20. The summed E-state index contributed by atoms with van der Waals surface area (Å²) in [6.07, 6.45) is 0. The Morgan fingerprint density at radius 3 is 2.58 bits per heavy atom. The van der Waals surface area contributed by atoms with Crippen LogP contribution < -0.4 is 5.32 Å². The quantitative estimate of drug-likeness (QED) is 0.507. The van der Waals surface area contributed by atoms with Crippen molar-refractivity contribution in [2.45, 2.75) is 11.8 Å². The summed E-state index contributed by atoms with van der Waals surface area (Å²) < 4.78 is 0. The van der Waals surface area contributed by atoms with Crippen LogP contribution in [-0.2, 0) is 0 Å². The van der Waals surface area contributed by atoms with Gasteiger partial charge in [-0.15, -0.1) is 11.8 Å². The molecule has 0 unspecified atom stereocenters. The molecule has 0 aliphatic rings. The second kappa shape index (κ2) is 6.98. The minimum absolute atomic E-state index is 0.459. The largest absolute Gasteiger partial charge is 0.369 e. The second-order valence-corrected chi connectivity index (χ2v) is 5.84. The Kier molecular flexibility index (Phi) is 5.31. The second-order valence-electron chi connectivity index (χ2n) is 3.85. The van der Waals surface area contributed by atoms with E-state index in [1.54, 1.807) is 17.8 Å². The standard InChI is InChI=1S/C13H13Cl2N3S/c1-9-17-12(15)8-13(18-9)16-6-7-19-11-4-2-10(14)3-5-11/h2-5,8H,6-7H2,1H3,(H,16,17,18). The fraction of sp³-hybridized carbons (Fsp3) is 0.231. The van der Waals surface area contributed by atoms with Crippen molar-refractivity contribution in [2.24, 2.45) is 0 Å². The van der Waals surface area contributed by atoms with Gasteiger partial charge < -0.3 is 5.32 Å². The van der Waals surface area contributed by atoms with Crippen LogP contribution >= 0.6 is 35.0 Å². The number of rotatable bonds is 5. The molecule has 0 fully saturated rings. The van der Waals surface area contributed by atoms with E-state index in [1.165, 1.54) is 4.90 Å². The summed E-state index contributed by atoms with van der Waals surface area (Å²) in [5.41, 5.74) is 0. The highest BCUT2D eigenvalue weighted by atomic mass is 35.5. The number of nitrogens with zero attached hydrogens (tertiary/aromatic N) is 2. The lowest BCUT2D eigenvalue weighted by Crippen LogP contribution is -2.06.